The van der Waals surface area contributed by atoms with Crippen LogP contribution in [0.4, 0.5) is 4.39 Å². The molecule has 0 aliphatic carbocycles. The Morgan fingerprint density at radius 2 is 2.00 bits per heavy atom. The summed E-state index contributed by atoms with van der Waals surface area (Å²) in [5.41, 5.74) is 0.834. The van der Waals surface area contributed by atoms with E-state index >= 15 is 0 Å². The van der Waals surface area contributed by atoms with Gasteiger partial charge < -0.3 is 0 Å². The zero-order valence-corrected chi connectivity index (χ0v) is 8.73. The van der Waals surface area contributed by atoms with E-state index in [1.807, 2.05) is 20.8 Å². The molecule has 0 aliphatic rings. The van der Waals surface area contributed by atoms with Crippen molar-refractivity contribution in [1.82, 2.24) is 0 Å². The minimum atomic E-state index is -0.275. The molecule has 0 saturated heterocycles. The largest absolute Gasteiger partial charge is 0.291 e. The lowest BCUT2D eigenvalue weighted by Crippen LogP contribution is -2.14. The van der Waals surface area contributed by atoms with Crippen molar-refractivity contribution in [3.05, 3.63) is 35.1 Å². The Labute approximate surface area is 83.9 Å². The summed E-state index contributed by atoms with van der Waals surface area (Å²) < 4.78 is 13.8. The molecular weight excluding hydrogens is 179 g/mol. The van der Waals surface area contributed by atoms with E-state index < -0.39 is 0 Å². The molecule has 0 aromatic heterocycles. The standard InChI is InChI=1S/C12H14FO/c1-12(2,3)10-6-4-5-9(7-8-14)11(10)13/h4-6H,7H2,1-3H3. The van der Waals surface area contributed by atoms with Gasteiger partial charge in [0, 0.05) is 6.42 Å². The minimum Gasteiger partial charge on any atom is -0.291 e. The normalized spacial score (nSPS) is 11.4. The van der Waals surface area contributed by atoms with Gasteiger partial charge in [-0.1, -0.05) is 39.0 Å². The topological polar surface area (TPSA) is 17.1 Å². The van der Waals surface area contributed by atoms with E-state index in [9.17, 15) is 9.18 Å². The Bertz CT molecular complexity index is 337. The summed E-state index contributed by atoms with van der Waals surface area (Å²) in [5.74, 6) is -0.275. The van der Waals surface area contributed by atoms with Crippen LogP contribution in [0.1, 0.15) is 31.9 Å². The molecule has 75 valence electrons. The van der Waals surface area contributed by atoms with E-state index in [2.05, 4.69) is 0 Å². The van der Waals surface area contributed by atoms with Crippen LogP contribution < -0.4 is 0 Å². The SMILES string of the molecule is CC(C)(C)c1cccc(C[C]=O)c1F. The van der Waals surface area contributed by atoms with E-state index in [1.54, 1.807) is 24.5 Å². The molecule has 0 N–H and O–H groups in total. The Morgan fingerprint density at radius 3 is 2.50 bits per heavy atom. The smallest absolute Gasteiger partial charge is 0.203 e. The fraction of sp³-hybridized carbons (Fsp3) is 0.417. The second-order valence-corrected chi connectivity index (χ2v) is 4.35. The summed E-state index contributed by atoms with van der Waals surface area (Å²) in [5, 5.41) is 0. The highest BCUT2D eigenvalue weighted by atomic mass is 19.1. The average Bonchev–Trinajstić information content (AvgIpc) is 2.07. The quantitative estimate of drug-likeness (QED) is 0.705. The summed E-state index contributed by atoms with van der Waals surface area (Å²) in [4.78, 5) is 10.2. The number of carbonyl (C=O) groups excluding carboxylic acids is 1. The molecule has 1 rings (SSSR count). The third-order valence-electron chi connectivity index (χ3n) is 2.15. The molecule has 2 heteroatoms. The van der Waals surface area contributed by atoms with Crippen molar-refractivity contribution >= 4 is 6.29 Å². The molecule has 0 bridgehead atoms. The van der Waals surface area contributed by atoms with Crippen molar-refractivity contribution in [2.24, 2.45) is 0 Å². The molecule has 0 amide bonds. The zero-order chi connectivity index (χ0) is 10.8. The molecular formula is C12H14FO. The third kappa shape index (κ3) is 2.19. The summed E-state index contributed by atoms with van der Waals surface area (Å²) >= 11 is 0. The first-order valence-corrected chi connectivity index (χ1v) is 4.59. The van der Waals surface area contributed by atoms with Crippen LogP contribution in [0.3, 0.4) is 0 Å². The van der Waals surface area contributed by atoms with Gasteiger partial charge in [-0.3, -0.25) is 4.79 Å². The zero-order valence-electron chi connectivity index (χ0n) is 8.73. The summed E-state index contributed by atoms with van der Waals surface area (Å²) in [6.45, 7) is 5.83. The molecule has 0 fully saturated rings. The molecule has 0 aliphatic heterocycles. The maximum absolute atomic E-state index is 13.8. The van der Waals surface area contributed by atoms with Gasteiger partial charge >= 0.3 is 0 Å². The highest BCUT2D eigenvalue weighted by Gasteiger charge is 2.19. The molecule has 0 atom stereocenters. The first-order chi connectivity index (χ1) is 6.46. The lowest BCUT2D eigenvalue weighted by atomic mass is 9.85. The summed E-state index contributed by atoms with van der Waals surface area (Å²) in [6, 6.07) is 5.15. The van der Waals surface area contributed by atoms with Gasteiger partial charge in [-0.25, -0.2) is 4.39 Å². The molecule has 1 radical (unpaired) electrons. The Kier molecular flexibility index (Phi) is 3.04. The molecule has 0 heterocycles. The first-order valence-electron chi connectivity index (χ1n) is 4.59. The van der Waals surface area contributed by atoms with Crippen molar-refractivity contribution in [3.63, 3.8) is 0 Å². The van der Waals surface area contributed by atoms with Crippen LogP contribution in [0.15, 0.2) is 18.2 Å². The van der Waals surface area contributed by atoms with Gasteiger partial charge in [0.25, 0.3) is 0 Å². The van der Waals surface area contributed by atoms with E-state index in [0.29, 0.717) is 11.1 Å². The van der Waals surface area contributed by atoms with Crippen LogP contribution in [-0.4, -0.2) is 6.29 Å². The Morgan fingerprint density at radius 1 is 1.36 bits per heavy atom. The highest BCUT2D eigenvalue weighted by molar-refractivity contribution is 5.56. The average molecular weight is 193 g/mol. The van der Waals surface area contributed by atoms with Crippen molar-refractivity contribution in [2.75, 3.05) is 0 Å². The number of hydrogen-bond donors (Lipinski definition) is 0. The van der Waals surface area contributed by atoms with Gasteiger partial charge in [0.15, 0.2) is 0 Å². The number of rotatable bonds is 2. The van der Waals surface area contributed by atoms with E-state index in [4.69, 9.17) is 0 Å². The molecule has 0 spiro atoms. The lowest BCUT2D eigenvalue weighted by molar-refractivity contribution is 0.514. The van der Waals surface area contributed by atoms with E-state index in [1.165, 1.54) is 0 Å². The van der Waals surface area contributed by atoms with Crippen molar-refractivity contribution in [3.8, 4) is 0 Å². The van der Waals surface area contributed by atoms with Crippen LogP contribution in [0, 0.1) is 5.82 Å². The van der Waals surface area contributed by atoms with E-state index in [-0.39, 0.29) is 17.7 Å². The monoisotopic (exact) mass is 193 g/mol. The molecule has 0 saturated carbocycles. The summed E-state index contributed by atoms with van der Waals surface area (Å²) in [7, 11) is 0. The molecule has 1 aromatic carbocycles. The minimum absolute atomic E-state index is 0.0236. The fourth-order valence-electron chi connectivity index (χ4n) is 1.37. The van der Waals surface area contributed by atoms with Gasteiger partial charge in [0.05, 0.1) is 0 Å². The second-order valence-electron chi connectivity index (χ2n) is 4.35. The molecule has 1 nitrogen and oxygen atoms in total. The van der Waals surface area contributed by atoms with Crippen molar-refractivity contribution < 1.29 is 9.18 Å². The number of benzene rings is 1. The van der Waals surface area contributed by atoms with Gasteiger partial charge in [-0.2, -0.15) is 0 Å². The summed E-state index contributed by atoms with van der Waals surface area (Å²) in [6.07, 6.45) is 1.74. The maximum atomic E-state index is 13.8. The maximum Gasteiger partial charge on any atom is 0.203 e. The predicted molar refractivity (Wildman–Crippen MR) is 54.5 cm³/mol. The first kappa shape index (κ1) is 10.9. The Hall–Kier alpha value is -1.18. The molecule has 1 aromatic rings. The second kappa shape index (κ2) is 3.91. The van der Waals surface area contributed by atoms with Crippen molar-refractivity contribution in [1.29, 1.82) is 0 Å². The van der Waals surface area contributed by atoms with Crippen LogP contribution in [-0.2, 0) is 16.6 Å². The van der Waals surface area contributed by atoms with E-state index in [0.717, 1.165) is 0 Å². The van der Waals surface area contributed by atoms with Crippen LogP contribution in [0.25, 0.3) is 0 Å². The van der Waals surface area contributed by atoms with Crippen LogP contribution in [0.5, 0.6) is 0 Å². The molecule has 14 heavy (non-hydrogen) atoms. The van der Waals surface area contributed by atoms with Gasteiger partial charge in [0.1, 0.15) is 5.82 Å². The van der Waals surface area contributed by atoms with Crippen molar-refractivity contribution in [2.45, 2.75) is 32.6 Å². The Balaban J connectivity index is 3.20. The number of halogens is 1. The number of hydrogen-bond acceptors (Lipinski definition) is 1. The van der Waals surface area contributed by atoms with Gasteiger partial charge in [-0.15, -0.1) is 0 Å². The predicted octanol–water partition coefficient (Wildman–Crippen LogP) is 2.78. The lowest BCUT2D eigenvalue weighted by Gasteiger charge is -2.20. The van der Waals surface area contributed by atoms with Gasteiger partial charge in [0.2, 0.25) is 6.29 Å². The van der Waals surface area contributed by atoms with Crippen LogP contribution in [0.2, 0.25) is 0 Å². The third-order valence-corrected chi connectivity index (χ3v) is 2.15. The fourth-order valence-corrected chi connectivity index (χ4v) is 1.37. The highest BCUT2D eigenvalue weighted by Crippen LogP contribution is 2.26. The van der Waals surface area contributed by atoms with Gasteiger partial charge in [-0.05, 0) is 16.5 Å². The molecule has 0 unspecified atom stereocenters. The van der Waals surface area contributed by atoms with Crippen LogP contribution >= 0.6 is 0 Å².